The minimum Gasteiger partial charge on any atom is -0.493 e. The third kappa shape index (κ3) is 6.36. The Balaban J connectivity index is 1.51. The molecule has 1 amide bonds. The molecule has 9 heteroatoms. The van der Waals surface area contributed by atoms with Gasteiger partial charge in [-0.05, 0) is 43.0 Å². The summed E-state index contributed by atoms with van der Waals surface area (Å²) in [5.41, 5.74) is 3.88. The van der Waals surface area contributed by atoms with Gasteiger partial charge in [0.15, 0.2) is 17.3 Å². The minimum absolute atomic E-state index is 0.0716. The lowest BCUT2D eigenvalue weighted by atomic mass is 9.73. The third-order valence-electron chi connectivity index (χ3n) is 8.12. The van der Waals surface area contributed by atoms with Crippen molar-refractivity contribution < 1.29 is 23.8 Å². The molecule has 9 nitrogen and oxygen atoms in total. The molecule has 1 aliphatic carbocycles. The number of amides is 1. The number of ketones is 1. The molecule has 0 saturated carbocycles. The van der Waals surface area contributed by atoms with Crippen LogP contribution in [0.2, 0.25) is 0 Å². The molecule has 1 unspecified atom stereocenters. The fourth-order valence-electron chi connectivity index (χ4n) is 6.24. The number of hydrogen-bond donors (Lipinski definition) is 2. The number of Topliss-reactive ketones (excluding diaryl/α,β-unsaturated/α-hetero) is 1. The summed E-state index contributed by atoms with van der Waals surface area (Å²) in [7, 11) is 3.21. The highest BCUT2D eigenvalue weighted by Crippen LogP contribution is 2.50. The minimum atomic E-state index is -0.547. The molecule has 2 aromatic carbocycles. The number of benzene rings is 2. The second kappa shape index (κ2) is 12.5. The Bertz CT molecular complexity index is 1300. The van der Waals surface area contributed by atoms with Crippen LogP contribution in [0.1, 0.15) is 44.7 Å². The number of methoxy groups -OCH3 is 2. The van der Waals surface area contributed by atoms with Crippen molar-refractivity contribution in [2.45, 2.75) is 39.2 Å². The van der Waals surface area contributed by atoms with Gasteiger partial charge in [-0.3, -0.25) is 14.5 Å². The summed E-state index contributed by atoms with van der Waals surface area (Å²) < 4.78 is 17.0. The molecule has 3 aliphatic rings. The highest BCUT2D eigenvalue weighted by molar-refractivity contribution is 6.02. The number of hydrogen-bond acceptors (Lipinski definition) is 8. The van der Waals surface area contributed by atoms with E-state index in [1.807, 2.05) is 47.4 Å². The topological polar surface area (TPSA) is 92.4 Å². The van der Waals surface area contributed by atoms with Crippen LogP contribution in [-0.4, -0.2) is 76.7 Å². The van der Waals surface area contributed by atoms with Gasteiger partial charge in [0.2, 0.25) is 5.91 Å². The summed E-state index contributed by atoms with van der Waals surface area (Å²) in [6.07, 6.45) is 2.00. The van der Waals surface area contributed by atoms with E-state index < -0.39 is 6.04 Å². The largest absolute Gasteiger partial charge is 0.493 e. The normalized spacial score (nSPS) is 20.4. The molecule has 2 aromatic rings. The first-order valence-electron chi connectivity index (χ1n) is 14.5. The zero-order valence-electron chi connectivity index (χ0n) is 24.6. The average Bonchev–Trinajstić information content (AvgIpc) is 3.09. The van der Waals surface area contributed by atoms with Crippen LogP contribution in [0.15, 0.2) is 53.7 Å². The van der Waals surface area contributed by atoms with E-state index in [4.69, 9.17) is 14.2 Å². The number of para-hydroxylation sites is 3. The van der Waals surface area contributed by atoms with Gasteiger partial charge in [0.25, 0.3) is 0 Å². The standard InChI is InChI=1S/C32H42N4O5/c1-32(2)19-24-29(26(37)20-32)30(22-9-7-12-27(39-3)31(22)40-4)36(25-11-6-5-10-23(25)34-24)21-28(38)33-13-8-14-35-15-17-41-18-16-35/h5-7,9-12,30,34H,8,13-21H2,1-4H3,(H,33,38). The molecule has 41 heavy (non-hydrogen) atoms. The van der Waals surface area contributed by atoms with Gasteiger partial charge < -0.3 is 29.7 Å². The Morgan fingerprint density at radius 1 is 1.07 bits per heavy atom. The van der Waals surface area contributed by atoms with Crippen LogP contribution in [0.3, 0.4) is 0 Å². The predicted octanol–water partition coefficient (Wildman–Crippen LogP) is 4.16. The Kier molecular flexibility index (Phi) is 8.85. The van der Waals surface area contributed by atoms with Gasteiger partial charge in [0.05, 0.1) is 51.4 Å². The van der Waals surface area contributed by atoms with Crippen molar-refractivity contribution in [3.63, 3.8) is 0 Å². The summed E-state index contributed by atoms with van der Waals surface area (Å²) in [5, 5.41) is 6.73. The highest BCUT2D eigenvalue weighted by Gasteiger charge is 2.43. The monoisotopic (exact) mass is 562 g/mol. The van der Waals surface area contributed by atoms with Crippen molar-refractivity contribution in [1.82, 2.24) is 10.2 Å². The second-order valence-electron chi connectivity index (χ2n) is 11.7. The number of anilines is 2. The van der Waals surface area contributed by atoms with E-state index in [2.05, 4.69) is 29.4 Å². The zero-order valence-corrected chi connectivity index (χ0v) is 24.6. The fraction of sp³-hybridized carbons (Fsp3) is 0.500. The smallest absolute Gasteiger partial charge is 0.239 e. The van der Waals surface area contributed by atoms with Crippen LogP contribution in [0, 0.1) is 5.41 Å². The molecule has 0 spiro atoms. The second-order valence-corrected chi connectivity index (χ2v) is 11.7. The molecule has 0 bridgehead atoms. The van der Waals surface area contributed by atoms with Crippen molar-refractivity contribution in [2.24, 2.45) is 5.41 Å². The number of morpholine rings is 1. The zero-order chi connectivity index (χ0) is 29.0. The molecule has 220 valence electrons. The van der Waals surface area contributed by atoms with Crippen molar-refractivity contribution in [1.29, 1.82) is 0 Å². The molecule has 2 aliphatic heterocycles. The molecule has 2 heterocycles. The Morgan fingerprint density at radius 2 is 1.85 bits per heavy atom. The lowest BCUT2D eigenvalue weighted by Crippen LogP contribution is -2.43. The van der Waals surface area contributed by atoms with E-state index in [1.54, 1.807) is 14.2 Å². The highest BCUT2D eigenvalue weighted by atomic mass is 16.5. The van der Waals surface area contributed by atoms with Crippen molar-refractivity contribution in [2.75, 3.05) is 70.4 Å². The number of carbonyl (C=O) groups is 2. The molecule has 1 atom stereocenters. The number of nitrogens with zero attached hydrogens (tertiary/aromatic N) is 2. The molecule has 0 radical (unpaired) electrons. The first-order valence-corrected chi connectivity index (χ1v) is 14.5. The van der Waals surface area contributed by atoms with Gasteiger partial charge in [-0.25, -0.2) is 0 Å². The van der Waals surface area contributed by atoms with Gasteiger partial charge >= 0.3 is 0 Å². The van der Waals surface area contributed by atoms with Crippen LogP contribution >= 0.6 is 0 Å². The quantitative estimate of drug-likeness (QED) is 0.441. The summed E-state index contributed by atoms with van der Waals surface area (Å²) in [6, 6.07) is 13.1. The van der Waals surface area contributed by atoms with Crippen molar-refractivity contribution in [3.8, 4) is 11.5 Å². The van der Waals surface area contributed by atoms with E-state index >= 15 is 0 Å². The van der Waals surface area contributed by atoms with Crippen LogP contribution in [0.25, 0.3) is 0 Å². The van der Waals surface area contributed by atoms with Crippen molar-refractivity contribution in [3.05, 3.63) is 59.3 Å². The lowest BCUT2D eigenvalue weighted by Gasteiger charge is -2.38. The summed E-state index contributed by atoms with van der Waals surface area (Å²) in [6.45, 7) is 9.20. The van der Waals surface area contributed by atoms with Gasteiger partial charge in [0.1, 0.15) is 0 Å². The maximum Gasteiger partial charge on any atom is 0.239 e. The number of allylic oxidation sites excluding steroid dienone is 1. The van der Waals surface area contributed by atoms with Crippen LogP contribution in [0.5, 0.6) is 11.5 Å². The Labute approximate surface area is 242 Å². The van der Waals surface area contributed by atoms with Gasteiger partial charge in [-0.15, -0.1) is 0 Å². The summed E-state index contributed by atoms with van der Waals surface area (Å²) in [5.74, 6) is 1.11. The first kappa shape index (κ1) is 29.0. The van der Waals surface area contributed by atoms with E-state index in [9.17, 15) is 9.59 Å². The van der Waals surface area contributed by atoms with Crippen LogP contribution in [0.4, 0.5) is 11.4 Å². The molecule has 1 saturated heterocycles. The van der Waals surface area contributed by atoms with Gasteiger partial charge in [-0.1, -0.05) is 38.1 Å². The third-order valence-corrected chi connectivity index (χ3v) is 8.12. The Morgan fingerprint density at radius 3 is 2.61 bits per heavy atom. The first-order chi connectivity index (χ1) is 19.8. The van der Waals surface area contributed by atoms with E-state index in [-0.39, 0.29) is 23.7 Å². The molecular weight excluding hydrogens is 520 g/mol. The molecule has 2 N–H and O–H groups in total. The number of fused-ring (bicyclic) bond motifs is 1. The van der Waals surface area contributed by atoms with E-state index in [0.717, 1.165) is 61.9 Å². The number of carbonyl (C=O) groups excluding carboxylic acids is 2. The Hall–Kier alpha value is -3.56. The molecule has 1 fully saturated rings. The SMILES string of the molecule is COc1cccc(C2C3=C(CC(C)(C)CC3=O)Nc3ccccc3N2CC(=O)NCCCN2CCOCC2)c1OC. The number of ether oxygens (including phenoxy) is 3. The van der Waals surface area contributed by atoms with Crippen LogP contribution in [-0.2, 0) is 14.3 Å². The molecule has 5 rings (SSSR count). The molecular formula is C32H42N4O5. The maximum absolute atomic E-state index is 14.0. The average molecular weight is 563 g/mol. The number of rotatable bonds is 9. The van der Waals surface area contributed by atoms with Crippen molar-refractivity contribution >= 4 is 23.1 Å². The summed E-state index contributed by atoms with van der Waals surface area (Å²) >= 11 is 0. The fourth-order valence-corrected chi connectivity index (χ4v) is 6.24. The van der Waals surface area contributed by atoms with Gasteiger partial charge in [0, 0.05) is 42.9 Å². The van der Waals surface area contributed by atoms with E-state index in [1.165, 1.54) is 0 Å². The molecule has 0 aromatic heterocycles. The maximum atomic E-state index is 14.0. The lowest BCUT2D eigenvalue weighted by molar-refractivity contribution is -0.120. The number of nitrogens with one attached hydrogen (secondary N) is 2. The van der Waals surface area contributed by atoms with Gasteiger partial charge in [-0.2, -0.15) is 0 Å². The summed E-state index contributed by atoms with van der Waals surface area (Å²) in [4.78, 5) is 31.9. The predicted molar refractivity (Wildman–Crippen MR) is 160 cm³/mol. The van der Waals surface area contributed by atoms with Crippen LogP contribution < -0.4 is 25.0 Å². The van der Waals surface area contributed by atoms with E-state index in [0.29, 0.717) is 36.5 Å².